The molecule has 4 nitrogen and oxygen atoms in total. The number of nitrogens with one attached hydrogen (secondary N) is 1. The van der Waals surface area contributed by atoms with E-state index in [2.05, 4.69) is 5.32 Å². The third-order valence-corrected chi connectivity index (χ3v) is 6.11. The number of sulfonamides is 1. The number of hydrogen-bond donors (Lipinski definition) is 1. The molecule has 1 aliphatic heterocycles. The minimum Gasteiger partial charge on any atom is -0.385 e. The van der Waals surface area contributed by atoms with Gasteiger partial charge in [0, 0.05) is 18.8 Å². The van der Waals surface area contributed by atoms with Crippen molar-refractivity contribution < 1.29 is 12.8 Å². The Morgan fingerprint density at radius 3 is 2.71 bits per heavy atom. The molecule has 0 saturated carbocycles. The van der Waals surface area contributed by atoms with Gasteiger partial charge in [0.05, 0.1) is 11.4 Å². The number of rotatable bonds is 5. The van der Waals surface area contributed by atoms with E-state index < -0.39 is 10.0 Å². The van der Waals surface area contributed by atoms with Gasteiger partial charge in [0.25, 0.3) is 0 Å². The minimum atomic E-state index is -3.19. The average Bonchev–Trinajstić information content (AvgIpc) is 2.90. The average molecular weight is 348 g/mol. The van der Waals surface area contributed by atoms with Crippen LogP contribution >= 0.6 is 0 Å². The lowest BCUT2D eigenvalue weighted by atomic mass is 10.1. The van der Waals surface area contributed by atoms with E-state index in [1.54, 1.807) is 12.1 Å². The summed E-state index contributed by atoms with van der Waals surface area (Å²) in [4.78, 5) is 0. The number of aryl methyl sites for hydroxylation is 1. The fourth-order valence-corrected chi connectivity index (χ4v) is 4.56. The SMILES string of the molecule is Cc1ccc(NCCc2ccccc2F)cc1N1CCCS1(=O)=O. The van der Waals surface area contributed by atoms with Crippen molar-refractivity contribution in [3.8, 4) is 0 Å². The summed E-state index contributed by atoms with van der Waals surface area (Å²) in [6, 6.07) is 12.4. The van der Waals surface area contributed by atoms with Crippen molar-refractivity contribution in [1.82, 2.24) is 0 Å². The lowest BCUT2D eigenvalue weighted by Crippen LogP contribution is -2.26. The highest BCUT2D eigenvalue weighted by atomic mass is 32.2. The second-order valence-corrected chi connectivity index (χ2v) is 8.02. The first-order valence-corrected chi connectivity index (χ1v) is 9.67. The lowest BCUT2D eigenvalue weighted by Gasteiger charge is -2.20. The third-order valence-electron chi connectivity index (χ3n) is 4.26. The molecule has 0 amide bonds. The maximum absolute atomic E-state index is 13.6. The summed E-state index contributed by atoms with van der Waals surface area (Å²) in [6.07, 6.45) is 1.23. The molecule has 128 valence electrons. The zero-order valence-electron chi connectivity index (χ0n) is 13.6. The van der Waals surface area contributed by atoms with E-state index >= 15 is 0 Å². The van der Waals surface area contributed by atoms with E-state index in [-0.39, 0.29) is 11.6 Å². The molecule has 1 N–H and O–H groups in total. The first-order chi connectivity index (χ1) is 11.5. The third kappa shape index (κ3) is 3.53. The number of benzene rings is 2. The zero-order valence-corrected chi connectivity index (χ0v) is 14.4. The second kappa shape index (κ2) is 6.81. The smallest absolute Gasteiger partial charge is 0.235 e. The molecule has 0 aromatic heterocycles. The normalized spacial score (nSPS) is 16.3. The zero-order chi connectivity index (χ0) is 17.2. The number of anilines is 2. The van der Waals surface area contributed by atoms with Gasteiger partial charge < -0.3 is 5.32 Å². The van der Waals surface area contributed by atoms with Gasteiger partial charge in [-0.2, -0.15) is 0 Å². The lowest BCUT2D eigenvalue weighted by molar-refractivity contribution is 0.599. The fraction of sp³-hybridized carbons (Fsp3) is 0.333. The molecular weight excluding hydrogens is 327 g/mol. The van der Waals surface area contributed by atoms with Crippen LogP contribution in [0, 0.1) is 12.7 Å². The molecule has 0 aliphatic carbocycles. The van der Waals surface area contributed by atoms with Crippen LogP contribution in [0.15, 0.2) is 42.5 Å². The molecule has 0 spiro atoms. The molecule has 1 aliphatic rings. The second-order valence-electron chi connectivity index (χ2n) is 6.01. The van der Waals surface area contributed by atoms with Gasteiger partial charge >= 0.3 is 0 Å². The molecule has 2 aromatic carbocycles. The number of hydrogen-bond acceptors (Lipinski definition) is 3. The van der Waals surface area contributed by atoms with Crippen LogP contribution in [-0.4, -0.2) is 27.3 Å². The highest BCUT2D eigenvalue weighted by Crippen LogP contribution is 2.30. The molecule has 0 atom stereocenters. The van der Waals surface area contributed by atoms with Gasteiger partial charge in [-0.3, -0.25) is 4.31 Å². The van der Waals surface area contributed by atoms with Gasteiger partial charge in [0.2, 0.25) is 10.0 Å². The largest absolute Gasteiger partial charge is 0.385 e. The maximum Gasteiger partial charge on any atom is 0.235 e. The van der Waals surface area contributed by atoms with Crippen molar-refractivity contribution in [3.05, 3.63) is 59.4 Å². The molecule has 1 fully saturated rings. The molecular formula is C18H21FN2O2S. The Kier molecular flexibility index (Phi) is 4.76. The van der Waals surface area contributed by atoms with E-state index in [1.807, 2.05) is 31.2 Å². The summed E-state index contributed by atoms with van der Waals surface area (Å²) >= 11 is 0. The molecule has 1 heterocycles. The Morgan fingerprint density at radius 1 is 1.21 bits per heavy atom. The topological polar surface area (TPSA) is 49.4 Å². The number of halogens is 1. The van der Waals surface area contributed by atoms with Crippen molar-refractivity contribution in [1.29, 1.82) is 0 Å². The summed E-state index contributed by atoms with van der Waals surface area (Å²) in [5.74, 6) is 0.00393. The fourth-order valence-electron chi connectivity index (χ4n) is 2.94. The van der Waals surface area contributed by atoms with E-state index in [9.17, 15) is 12.8 Å². The van der Waals surface area contributed by atoms with Crippen molar-refractivity contribution in [3.63, 3.8) is 0 Å². The van der Waals surface area contributed by atoms with Crippen LogP contribution in [0.25, 0.3) is 0 Å². The van der Waals surface area contributed by atoms with Crippen LogP contribution in [0.2, 0.25) is 0 Å². The molecule has 6 heteroatoms. The molecule has 1 saturated heterocycles. The van der Waals surface area contributed by atoms with E-state index in [0.717, 1.165) is 16.9 Å². The Bertz CT molecular complexity index is 837. The summed E-state index contributed by atoms with van der Waals surface area (Å²) in [7, 11) is -3.19. The van der Waals surface area contributed by atoms with Gasteiger partial charge in [-0.1, -0.05) is 24.3 Å². The van der Waals surface area contributed by atoms with Crippen LogP contribution in [-0.2, 0) is 16.4 Å². The van der Waals surface area contributed by atoms with Gasteiger partial charge in [-0.25, -0.2) is 12.8 Å². The molecule has 24 heavy (non-hydrogen) atoms. The van der Waals surface area contributed by atoms with E-state index in [1.165, 1.54) is 10.4 Å². The minimum absolute atomic E-state index is 0.202. The molecule has 0 radical (unpaired) electrons. The van der Waals surface area contributed by atoms with E-state index in [0.29, 0.717) is 31.5 Å². The Labute approximate surface area is 142 Å². The van der Waals surface area contributed by atoms with Gasteiger partial charge in [0.15, 0.2) is 0 Å². The Hall–Kier alpha value is -2.08. The van der Waals surface area contributed by atoms with Gasteiger partial charge in [-0.15, -0.1) is 0 Å². The van der Waals surface area contributed by atoms with Crippen LogP contribution in [0.5, 0.6) is 0 Å². The highest BCUT2D eigenvalue weighted by Gasteiger charge is 2.29. The van der Waals surface area contributed by atoms with E-state index in [4.69, 9.17) is 0 Å². The molecule has 0 bridgehead atoms. The monoisotopic (exact) mass is 348 g/mol. The molecule has 0 unspecified atom stereocenters. The van der Waals surface area contributed by atoms with Crippen molar-refractivity contribution in [2.24, 2.45) is 0 Å². The van der Waals surface area contributed by atoms with Gasteiger partial charge in [-0.05, 0) is 49.1 Å². The quantitative estimate of drug-likeness (QED) is 0.902. The number of nitrogens with zero attached hydrogens (tertiary/aromatic N) is 1. The maximum atomic E-state index is 13.6. The van der Waals surface area contributed by atoms with Crippen molar-refractivity contribution >= 4 is 21.4 Å². The van der Waals surface area contributed by atoms with Crippen molar-refractivity contribution in [2.45, 2.75) is 19.8 Å². The van der Waals surface area contributed by atoms with Crippen molar-refractivity contribution in [2.75, 3.05) is 28.5 Å². The first-order valence-electron chi connectivity index (χ1n) is 8.06. The Morgan fingerprint density at radius 2 is 2.00 bits per heavy atom. The summed E-state index contributed by atoms with van der Waals surface area (Å²) in [5.41, 5.74) is 3.16. The van der Waals surface area contributed by atoms with Crippen LogP contribution in [0.3, 0.4) is 0 Å². The molecule has 2 aromatic rings. The van der Waals surface area contributed by atoms with Crippen LogP contribution in [0.1, 0.15) is 17.5 Å². The summed E-state index contributed by atoms with van der Waals surface area (Å²) < 4.78 is 39.4. The summed E-state index contributed by atoms with van der Waals surface area (Å²) in [5, 5.41) is 3.25. The molecule has 3 rings (SSSR count). The standard InChI is InChI=1S/C18H21FN2O2S/c1-14-7-8-16(13-18(14)21-11-4-12-24(21,22)23)20-10-9-15-5-2-3-6-17(15)19/h2-3,5-8,13,20H,4,9-12H2,1H3. The predicted molar refractivity (Wildman–Crippen MR) is 95.5 cm³/mol. The Balaban J connectivity index is 1.71. The van der Waals surface area contributed by atoms with Gasteiger partial charge in [0.1, 0.15) is 5.82 Å². The van der Waals surface area contributed by atoms with Crippen LogP contribution in [0.4, 0.5) is 15.8 Å². The highest BCUT2D eigenvalue weighted by molar-refractivity contribution is 7.93. The summed E-state index contributed by atoms with van der Waals surface area (Å²) in [6.45, 7) is 3.02. The first kappa shape index (κ1) is 16.8. The predicted octanol–water partition coefficient (Wildman–Crippen LogP) is 3.33. The van der Waals surface area contributed by atoms with Crippen LogP contribution < -0.4 is 9.62 Å².